The first-order chi connectivity index (χ1) is 7.78. The van der Waals surface area contributed by atoms with Crippen LogP contribution in [0.5, 0.6) is 0 Å². The van der Waals surface area contributed by atoms with Crippen LogP contribution >= 0.6 is 11.3 Å². The van der Waals surface area contributed by atoms with Crippen LogP contribution < -0.4 is 5.32 Å². The van der Waals surface area contributed by atoms with Crippen molar-refractivity contribution in [3.05, 3.63) is 16.1 Å². The molecule has 1 saturated carbocycles. The summed E-state index contributed by atoms with van der Waals surface area (Å²) in [5.41, 5.74) is 0. The van der Waals surface area contributed by atoms with Crippen molar-refractivity contribution in [2.45, 2.75) is 51.3 Å². The fraction of sp³-hybridized carbons (Fsp3) is 0.750. The smallest absolute Gasteiger partial charge is 0.0897 e. The van der Waals surface area contributed by atoms with Gasteiger partial charge in [0.15, 0.2) is 0 Å². The summed E-state index contributed by atoms with van der Waals surface area (Å²) >= 11 is 1.78. The highest BCUT2D eigenvalue weighted by atomic mass is 32.1. The lowest BCUT2D eigenvalue weighted by Gasteiger charge is -2.28. The van der Waals surface area contributed by atoms with Crippen molar-refractivity contribution in [1.82, 2.24) is 10.3 Å². The maximum absolute atomic E-state index is 5.37. The third-order valence-electron chi connectivity index (χ3n) is 3.24. The van der Waals surface area contributed by atoms with Crippen molar-refractivity contribution in [2.75, 3.05) is 7.11 Å². The molecule has 3 nitrogen and oxygen atoms in total. The van der Waals surface area contributed by atoms with E-state index in [1.807, 2.05) is 13.3 Å². The van der Waals surface area contributed by atoms with Gasteiger partial charge in [-0.25, -0.2) is 4.98 Å². The Kier molecular flexibility index (Phi) is 4.32. The van der Waals surface area contributed by atoms with Gasteiger partial charge >= 0.3 is 0 Å². The number of ether oxygens (including phenoxy) is 1. The van der Waals surface area contributed by atoms with Crippen LogP contribution in [-0.2, 0) is 11.3 Å². The number of rotatable bonds is 4. The van der Waals surface area contributed by atoms with Gasteiger partial charge in [-0.2, -0.15) is 0 Å². The number of hydrogen-bond acceptors (Lipinski definition) is 4. The van der Waals surface area contributed by atoms with E-state index in [-0.39, 0.29) is 0 Å². The molecule has 0 unspecified atom stereocenters. The van der Waals surface area contributed by atoms with E-state index in [0.29, 0.717) is 12.1 Å². The summed E-state index contributed by atoms with van der Waals surface area (Å²) in [6.07, 6.45) is 7.32. The van der Waals surface area contributed by atoms with Gasteiger partial charge in [-0.3, -0.25) is 0 Å². The molecule has 0 saturated heterocycles. The number of nitrogens with zero attached hydrogens (tertiary/aromatic N) is 1. The molecule has 1 heterocycles. The Hall–Kier alpha value is -0.450. The Morgan fingerprint density at radius 3 is 2.75 bits per heavy atom. The number of nitrogens with one attached hydrogen (secondary N) is 1. The topological polar surface area (TPSA) is 34.1 Å². The lowest BCUT2D eigenvalue weighted by atomic mass is 9.93. The second kappa shape index (κ2) is 5.75. The molecule has 0 aromatic carbocycles. The summed E-state index contributed by atoms with van der Waals surface area (Å²) < 4.78 is 5.37. The van der Waals surface area contributed by atoms with Crippen LogP contribution in [0.3, 0.4) is 0 Å². The van der Waals surface area contributed by atoms with Crippen molar-refractivity contribution in [3.8, 4) is 0 Å². The van der Waals surface area contributed by atoms with E-state index >= 15 is 0 Å². The monoisotopic (exact) mass is 240 g/mol. The Labute approximate surface area is 101 Å². The highest BCUT2D eigenvalue weighted by Gasteiger charge is 2.20. The predicted octanol–water partition coefficient (Wildman–Crippen LogP) is 2.50. The van der Waals surface area contributed by atoms with Gasteiger partial charge in [-0.05, 0) is 32.6 Å². The second-order valence-electron chi connectivity index (χ2n) is 4.44. The van der Waals surface area contributed by atoms with Crippen LogP contribution in [0.25, 0.3) is 0 Å². The third-order valence-corrected chi connectivity index (χ3v) is 4.15. The van der Waals surface area contributed by atoms with E-state index in [9.17, 15) is 0 Å². The van der Waals surface area contributed by atoms with Crippen LogP contribution in [0.1, 0.15) is 35.6 Å². The van der Waals surface area contributed by atoms with Gasteiger partial charge in [0.2, 0.25) is 0 Å². The molecule has 1 aliphatic rings. The summed E-state index contributed by atoms with van der Waals surface area (Å²) in [5.74, 6) is 0. The molecule has 1 aromatic heterocycles. The first-order valence-electron chi connectivity index (χ1n) is 5.95. The van der Waals surface area contributed by atoms with E-state index in [4.69, 9.17) is 4.74 Å². The zero-order valence-corrected chi connectivity index (χ0v) is 10.8. The average Bonchev–Trinajstić information content (AvgIpc) is 2.73. The Balaban J connectivity index is 1.71. The number of methoxy groups -OCH3 is 1. The molecule has 0 radical (unpaired) electrons. The van der Waals surface area contributed by atoms with Gasteiger partial charge in [0, 0.05) is 30.8 Å². The number of aryl methyl sites for hydroxylation is 1. The lowest BCUT2D eigenvalue weighted by Crippen LogP contribution is -2.34. The molecule has 0 aliphatic heterocycles. The fourth-order valence-electron chi connectivity index (χ4n) is 2.23. The van der Waals surface area contributed by atoms with E-state index in [1.54, 1.807) is 11.3 Å². The van der Waals surface area contributed by atoms with Gasteiger partial charge in [0.05, 0.1) is 11.1 Å². The Morgan fingerprint density at radius 1 is 1.44 bits per heavy atom. The predicted molar refractivity (Wildman–Crippen MR) is 66.7 cm³/mol. The van der Waals surface area contributed by atoms with Crippen molar-refractivity contribution in [2.24, 2.45) is 0 Å². The highest BCUT2D eigenvalue weighted by molar-refractivity contribution is 7.11. The van der Waals surface area contributed by atoms with Crippen molar-refractivity contribution in [1.29, 1.82) is 0 Å². The van der Waals surface area contributed by atoms with E-state index in [0.717, 1.165) is 11.6 Å². The first-order valence-corrected chi connectivity index (χ1v) is 6.77. The van der Waals surface area contributed by atoms with E-state index in [2.05, 4.69) is 17.2 Å². The molecular formula is C12H20N2OS. The second-order valence-corrected chi connectivity index (χ2v) is 5.76. The molecule has 0 spiro atoms. The first kappa shape index (κ1) is 12.0. The van der Waals surface area contributed by atoms with Gasteiger partial charge in [0.25, 0.3) is 0 Å². The Morgan fingerprint density at radius 2 is 2.19 bits per heavy atom. The van der Waals surface area contributed by atoms with E-state index < -0.39 is 0 Å². The summed E-state index contributed by atoms with van der Waals surface area (Å²) in [7, 11) is 1.82. The Bertz CT molecular complexity index is 319. The number of aromatic nitrogens is 1. The molecular weight excluding hydrogens is 220 g/mol. The number of thiazole rings is 1. The van der Waals surface area contributed by atoms with Gasteiger partial charge in [0.1, 0.15) is 0 Å². The molecule has 0 amide bonds. The molecule has 1 aliphatic carbocycles. The largest absolute Gasteiger partial charge is 0.381 e. The molecule has 90 valence electrons. The molecule has 1 fully saturated rings. The highest BCUT2D eigenvalue weighted by Crippen LogP contribution is 2.21. The standard InChI is InChI=1S/C12H20N2OS/c1-9-13-7-12(16-9)8-14-10-3-5-11(15-2)6-4-10/h7,10-11,14H,3-6,8H2,1-2H3. The summed E-state index contributed by atoms with van der Waals surface area (Å²) in [4.78, 5) is 5.60. The van der Waals surface area contributed by atoms with Crippen LogP contribution in [0, 0.1) is 6.92 Å². The minimum Gasteiger partial charge on any atom is -0.381 e. The zero-order chi connectivity index (χ0) is 11.4. The van der Waals surface area contributed by atoms with Crippen LogP contribution in [0.2, 0.25) is 0 Å². The minimum atomic E-state index is 0.490. The van der Waals surface area contributed by atoms with Gasteiger partial charge in [-0.15, -0.1) is 11.3 Å². The van der Waals surface area contributed by atoms with Crippen molar-refractivity contribution >= 4 is 11.3 Å². The molecule has 0 bridgehead atoms. The molecule has 4 heteroatoms. The van der Waals surface area contributed by atoms with Crippen LogP contribution in [0.15, 0.2) is 6.20 Å². The van der Waals surface area contributed by atoms with Crippen LogP contribution in [-0.4, -0.2) is 24.2 Å². The quantitative estimate of drug-likeness (QED) is 0.878. The third kappa shape index (κ3) is 3.27. The van der Waals surface area contributed by atoms with E-state index in [1.165, 1.54) is 30.6 Å². The van der Waals surface area contributed by atoms with Crippen molar-refractivity contribution < 1.29 is 4.74 Å². The maximum atomic E-state index is 5.37. The van der Waals surface area contributed by atoms with Gasteiger partial charge < -0.3 is 10.1 Å². The van der Waals surface area contributed by atoms with Gasteiger partial charge in [-0.1, -0.05) is 0 Å². The summed E-state index contributed by atoms with van der Waals surface area (Å²) in [6.45, 7) is 3.02. The van der Waals surface area contributed by atoms with Crippen molar-refractivity contribution in [3.63, 3.8) is 0 Å². The zero-order valence-electron chi connectivity index (χ0n) is 10.0. The lowest BCUT2D eigenvalue weighted by molar-refractivity contribution is 0.0624. The molecule has 1 aromatic rings. The molecule has 2 rings (SSSR count). The molecule has 1 N–H and O–H groups in total. The maximum Gasteiger partial charge on any atom is 0.0897 e. The average molecular weight is 240 g/mol. The summed E-state index contributed by atoms with van der Waals surface area (Å²) in [6, 6.07) is 0.661. The fourth-order valence-corrected chi connectivity index (χ4v) is 2.98. The normalized spacial score (nSPS) is 25.9. The van der Waals surface area contributed by atoms with Crippen LogP contribution in [0.4, 0.5) is 0 Å². The number of hydrogen-bond donors (Lipinski definition) is 1. The SMILES string of the molecule is COC1CCC(NCc2cnc(C)s2)CC1. The molecule has 0 atom stereocenters. The summed E-state index contributed by atoms with van der Waals surface area (Å²) in [5, 5.41) is 4.76. The minimum absolute atomic E-state index is 0.490. The molecule has 16 heavy (non-hydrogen) atoms.